The summed E-state index contributed by atoms with van der Waals surface area (Å²) in [6.45, 7) is 6.00. The van der Waals surface area contributed by atoms with Crippen LogP contribution < -0.4 is 5.32 Å². The zero-order valence-corrected chi connectivity index (χ0v) is 10.5. The average molecular weight is 268 g/mol. The van der Waals surface area contributed by atoms with Crippen molar-refractivity contribution in [3.8, 4) is 0 Å². The molecule has 0 saturated carbocycles. The Morgan fingerprint density at radius 1 is 1.40 bits per heavy atom. The van der Waals surface area contributed by atoms with E-state index in [9.17, 15) is 0 Å². The molecule has 0 unspecified atom stereocenters. The molecule has 0 fully saturated rings. The predicted molar refractivity (Wildman–Crippen MR) is 66.0 cm³/mol. The van der Waals surface area contributed by atoms with Gasteiger partial charge in [-0.05, 0) is 31.2 Å². The Hall–Kier alpha value is -0.800. The molecule has 1 N–H and O–H groups in total. The van der Waals surface area contributed by atoms with Gasteiger partial charge in [-0.2, -0.15) is 0 Å². The molecule has 80 valence electrons. The maximum atomic E-state index is 5.57. The van der Waals surface area contributed by atoms with E-state index >= 15 is 0 Å². The molecule has 0 bridgehead atoms. The molecule has 1 aromatic carbocycles. The summed E-state index contributed by atoms with van der Waals surface area (Å²) < 4.78 is 6.67. The summed E-state index contributed by atoms with van der Waals surface area (Å²) in [6, 6.07) is 4.18. The van der Waals surface area contributed by atoms with Crippen molar-refractivity contribution in [2.45, 2.75) is 20.4 Å². The predicted octanol–water partition coefficient (Wildman–Crippen LogP) is 3.61. The van der Waals surface area contributed by atoms with E-state index in [0.717, 1.165) is 23.1 Å². The average Bonchev–Trinajstić information content (AvgIpc) is 2.58. The summed E-state index contributed by atoms with van der Waals surface area (Å²) in [5.74, 6) is 0. The third-order valence-electron chi connectivity index (χ3n) is 2.47. The number of nitrogens with one attached hydrogen (secondary N) is 1. The van der Waals surface area contributed by atoms with Crippen LogP contribution >= 0.6 is 15.9 Å². The van der Waals surface area contributed by atoms with Crippen molar-refractivity contribution in [2.75, 3.05) is 6.54 Å². The van der Waals surface area contributed by atoms with Crippen molar-refractivity contribution in [3.05, 3.63) is 34.0 Å². The van der Waals surface area contributed by atoms with Crippen molar-refractivity contribution in [1.29, 1.82) is 0 Å². The molecule has 0 radical (unpaired) electrons. The Morgan fingerprint density at radius 3 is 2.93 bits per heavy atom. The number of rotatable bonds is 3. The van der Waals surface area contributed by atoms with Crippen LogP contribution in [0.15, 0.2) is 27.3 Å². The number of halogens is 1. The molecule has 0 aliphatic carbocycles. The summed E-state index contributed by atoms with van der Waals surface area (Å²) in [4.78, 5) is 0. The number of hydrogen-bond donors (Lipinski definition) is 1. The molecule has 2 nitrogen and oxygen atoms in total. The van der Waals surface area contributed by atoms with E-state index in [1.165, 1.54) is 16.5 Å². The first kappa shape index (κ1) is 10.7. The molecule has 15 heavy (non-hydrogen) atoms. The highest BCUT2D eigenvalue weighted by Crippen LogP contribution is 2.28. The van der Waals surface area contributed by atoms with E-state index in [0.29, 0.717) is 0 Å². The van der Waals surface area contributed by atoms with Gasteiger partial charge >= 0.3 is 0 Å². The molecule has 1 aromatic heterocycles. The van der Waals surface area contributed by atoms with Crippen molar-refractivity contribution >= 4 is 26.9 Å². The van der Waals surface area contributed by atoms with Crippen LogP contribution in [0, 0.1) is 6.92 Å². The van der Waals surface area contributed by atoms with Crippen molar-refractivity contribution in [3.63, 3.8) is 0 Å². The van der Waals surface area contributed by atoms with Crippen LogP contribution in [-0.2, 0) is 6.54 Å². The van der Waals surface area contributed by atoms with Crippen LogP contribution in [0.1, 0.15) is 18.1 Å². The van der Waals surface area contributed by atoms with Crippen LogP contribution in [0.5, 0.6) is 0 Å². The van der Waals surface area contributed by atoms with Crippen molar-refractivity contribution < 1.29 is 4.42 Å². The van der Waals surface area contributed by atoms with Gasteiger partial charge in [0.05, 0.1) is 6.26 Å². The van der Waals surface area contributed by atoms with E-state index in [-0.39, 0.29) is 0 Å². The minimum absolute atomic E-state index is 0.861. The lowest BCUT2D eigenvalue weighted by molar-refractivity contribution is 0.602. The summed E-state index contributed by atoms with van der Waals surface area (Å²) in [6.07, 6.45) is 1.84. The zero-order valence-electron chi connectivity index (χ0n) is 8.93. The van der Waals surface area contributed by atoms with Gasteiger partial charge in [0.25, 0.3) is 0 Å². The van der Waals surface area contributed by atoms with E-state index in [4.69, 9.17) is 4.42 Å². The Labute approximate surface area is 97.8 Å². The van der Waals surface area contributed by atoms with Gasteiger partial charge in [-0.25, -0.2) is 0 Å². The maximum Gasteiger partial charge on any atom is 0.137 e. The summed E-state index contributed by atoms with van der Waals surface area (Å²) in [7, 11) is 0. The van der Waals surface area contributed by atoms with Crippen LogP contribution in [0.25, 0.3) is 11.0 Å². The number of furan rings is 1. The van der Waals surface area contributed by atoms with Gasteiger partial charge in [-0.3, -0.25) is 0 Å². The first-order valence-corrected chi connectivity index (χ1v) is 5.88. The molecule has 0 spiro atoms. The van der Waals surface area contributed by atoms with Crippen molar-refractivity contribution in [1.82, 2.24) is 5.32 Å². The summed E-state index contributed by atoms with van der Waals surface area (Å²) in [5, 5.41) is 4.50. The molecule has 0 aliphatic rings. The topological polar surface area (TPSA) is 25.2 Å². The third-order valence-corrected chi connectivity index (χ3v) is 2.93. The first-order chi connectivity index (χ1) is 7.22. The van der Waals surface area contributed by atoms with Crippen molar-refractivity contribution in [2.24, 2.45) is 0 Å². The fraction of sp³-hybridized carbons (Fsp3) is 0.333. The molecule has 3 heteroatoms. The monoisotopic (exact) mass is 267 g/mol. The smallest absolute Gasteiger partial charge is 0.137 e. The number of aryl methyl sites for hydroxylation is 1. The lowest BCUT2D eigenvalue weighted by atomic mass is 10.1. The van der Waals surface area contributed by atoms with Gasteiger partial charge in [0.15, 0.2) is 0 Å². The Morgan fingerprint density at radius 2 is 2.20 bits per heavy atom. The molecule has 2 rings (SSSR count). The first-order valence-electron chi connectivity index (χ1n) is 5.09. The van der Waals surface area contributed by atoms with Gasteiger partial charge in [0, 0.05) is 22.0 Å². The largest absolute Gasteiger partial charge is 0.464 e. The minimum atomic E-state index is 0.861. The Kier molecular flexibility index (Phi) is 3.12. The highest BCUT2D eigenvalue weighted by molar-refractivity contribution is 9.10. The van der Waals surface area contributed by atoms with Crippen LogP contribution in [0.4, 0.5) is 0 Å². The lowest BCUT2D eigenvalue weighted by Gasteiger charge is -2.00. The van der Waals surface area contributed by atoms with E-state index in [2.05, 4.69) is 47.2 Å². The molecule has 0 saturated heterocycles. The Bertz CT molecular complexity index is 476. The fourth-order valence-corrected chi connectivity index (χ4v) is 2.29. The van der Waals surface area contributed by atoms with E-state index < -0.39 is 0 Å². The van der Waals surface area contributed by atoms with Gasteiger partial charge in [0.1, 0.15) is 5.58 Å². The maximum absolute atomic E-state index is 5.57. The molecular weight excluding hydrogens is 254 g/mol. The van der Waals surface area contributed by atoms with Gasteiger partial charge in [-0.1, -0.05) is 22.9 Å². The standard InChI is InChI=1S/C12H14BrNO/c1-3-14-6-9-7-15-12-8(2)4-10(13)5-11(9)12/h4-5,7,14H,3,6H2,1-2H3. The number of fused-ring (bicyclic) bond motifs is 1. The molecule has 0 atom stereocenters. The highest BCUT2D eigenvalue weighted by Gasteiger charge is 2.08. The fourth-order valence-electron chi connectivity index (χ4n) is 1.71. The third kappa shape index (κ3) is 2.08. The lowest BCUT2D eigenvalue weighted by Crippen LogP contribution is -2.11. The van der Waals surface area contributed by atoms with E-state index in [1.807, 2.05) is 6.26 Å². The quantitative estimate of drug-likeness (QED) is 0.919. The molecule has 1 heterocycles. The molecular formula is C12H14BrNO. The normalized spacial score (nSPS) is 11.1. The van der Waals surface area contributed by atoms with Crippen LogP contribution in [0.2, 0.25) is 0 Å². The van der Waals surface area contributed by atoms with Crippen LogP contribution in [0.3, 0.4) is 0 Å². The number of hydrogen-bond acceptors (Lipinski definition) is 2. The second kappa shape index (κ2) is 4.37. The summed E-state index contributed by atoms with van der Waals surface area (Å²) >= 11 is 3.51. The molecule has 0 amide bonds. The van der Waals surface area contributed by atoms with E-state index in [1.54, 1.807) is 0 Å². The second-order valence-corrected chi connectivity index (χ2v) is 4.56. The van der Waals surface area contributed by atoms with Gasteiger partial charge in [0.2, 0.25) is 0 Å². The number of benzene rings is 1. The highest BCUT2D eigenvalue weighted by atomic mass is 79.9. The Balaban J connectivity index is 2.49. The minimum Gasteiger partial charge on any atom is -0.464 e. The van der Waals surface area contributed by atoms with Crippen LogP contribution in [-0.4, -0.2) is 6.54 Å². The van der Waals surface area contributed by atoms with Gasteiger partial charge < -0.3 is 9.73 Å². The van der Waals surface area contributed by atoms with Gasteiger partial charge in [-0.15, -0.1) is 0 Å². The molecule has 2 aromatic rings. The zero-order chi connectivity index (χ0) is 10.8. The molecule has 0 aliphatic heterocycles. The summed E-state index contributed by atoms with van der Waals surface area (Å²) in [5.41, 5.74) is 3.38. The SMILES string of the molecule is CCNCc1coc2c(C)cc(Br)cc12. The second-order valence-electron chi connectivity index (χ2n) is 3.64.